The van der Waals surface area contributed by atoms with Gasteiger partial charge >= 0.3 is 0 Å². The predicted molar refractivity (Wildman–Crippen MR) is 120 cm³/mol. The number of benzene rings is 2. The highest BCUT2D eigenvalue weighted by atomic mass is 16.5. The van der Waals surface area contributed by atoms with E-state index in [2.05, 4.69) is 78.7 Å². The number of nitriles is 1. The Bertz CT molecular complexity index is 818. The molecule has 5 nitrogen and oxygen atoms in total. The minimum absolute atomic E-state index is 0.318. The van der Waals surface area contributed by atoms with Crippen LogP contribution in [0.3, 0.4) is 0 Å². The summed E-state index contributed by atoms with van der Waals surface area (Å²) >= 11 is 0. The smallest absolute Gasteiger partial charge is 0.155 e. The van der Waals surface area contributed by atoms with Crippen molar-refractivity contribution in [1.29, 1.82) is 5.26 Å². The molecule has 30 heavy (non-hydrogen) atoms. The molecule has 0 bridgehead atoms. The molecule has 0 aromatic heterocycles. The summed E-state index contributed by atoms with van der Waals surface area (Å²) in [7, 11) is 0. The van der Waals surface area contributed by atoms with E-state index in [1.54, 1.807) is 4.90 Å². The van der Waals surface area contributed by atoms with Crippen LogP contribution in [0, 0.1) is 18.3 Å². The molecule has 0 spiro atoms. The van der Waals surface area contributed by atoms with E-state index in [1.165, 1.54) is 22.4 Å². The van der Waals surface area contributed by atoms with Crippen molar-refractivity contribution in [2.45, 2.75) is 39.5 Å². The molecule has 0 aliphatic carbocycles. The average molecular weight is 409 g/mol. The third-order valence-electron chi connectivity index (χ3n) is 5.98. The third kappa shape index (κ3) is 6.56. The van der Waals surface area contributed by atoms with Crippen LogP contribution < -0.4 is 15.1 Å². The van der Waals surface area contributed by atoms with E-state index in [1.807, 2.05) is 0 Å². The number of morpholine rings is 1. The maximum absolute atomic E-state index is 8.86. The maximum atomic E-state index is 8.86. The molecule has 1 heterocycles. The first-order valence-electron chi connectivity index (χ1n) is 11.2. The summed E-state index contributed by atoms with van der Waals surface area (Å²) < 4.78 is 6.03. The van der Waals surface area contributed by atoms with Crippen molar-refractivity contribution < 1.29 is 15.0 Å². The van der Waals surface area contributed by atoms with E-state index >= 15 is 0 Å². The number of nitrogens with one attached hydrogen (secondary N) is 1. The van der Waals surface area contributed by atoms with Crippen LogP contribution in [-0.4, -0.2) is 45.4 Å². The summed E-state index contributed by atoms with van der Waals surface area (Å²) in [6.07, 6.45) is 0.881. The van der Waals surface area contributed by atoms with Crippen molar-refractivity contribution in [3.8, 4) is 6.07 Å². The monoisotopic (exact) mass is 408 g/mol. The maximum Gasteiger partial charge on any atom is 0.155 e. The van der Waals surface area contributed by atoms with Crippen molar-refractivity contribution in [2.75, 3.05) is 44.2 Å². The standard InChI is InChI=1S/C25H34N4O/c1-3-29(13-7-12-26)24-11-10-23(21(2)16-24)17-27-18-25-20-28(14-15-30-25)19-22-8-5-4-6-9-22/h4-6,8-11,16,25,27H,3,7,13-15,17-20H2,1-2H3/p+2/t25-/m1/s1. The Kier molecular flexibility index (Phi) is 8.70. The molecule has 1 fully saturated rings. The molecule has 2 aromatic carbocycles. The SMILES string of the molecule is CCN(CCC#N)c1ccc(C[NH2+]C[C@@H]2C[NH+](Cc3ccccc3)CCO2)c(C)c1. The van der Waals surface area contributed by atoms with Crippen LogP contribution in [0.2, 0.25) is 0 Å². The molecule has 1 unspecified atom stereocenters. The lowest BCUT2D eigenvalue weighted by atomic mass is 10.1. The average Bonchev–Trinajstić information content (AvgIpc) is 2.77. The Morgan fingerprint density at radius 2 is 2.07 bits per heavy atom. The van der Waals surface area contributed by atoms with Gasteiger partial charge in [-0.1, -0.05) is 36.4 Å². The highest BCUT2D eigenvalue weighted by molar-refractivity contribution is 5.50. The molecule has 1 aliphatic rings. The van der Waals surface area contributed by atoms with Gasteiger partial charge in [0.15, 0.2) is 6.10 Å². The minimum atomic E-state index is 0.318. The number of quaternary nitrogens is 2. The molecule has 3 rings (SSSR count). The molecule has 5 heteroatoms. The Morgan fingerprint density at radius 3 is 2.80 bits per heavy atom. The molecule has 1 saturated heterocycles. The molecular weight excluding hydrogens is 372 g/mol. The summed E-state index contributed by atoms with van der Waals surface area (Å²) in [4.78, 5) is 3.88. The minimum Gasteiger partial charge on any atom is -0.371 e. The third-order valence-corrected chi connectivity index (χ3v) is 5.98. The van der Waals surface area contributed by atoms with Crippen molar-refractivity contribution in [3.63, 3.8) is 0 Å². The predicted octanol–water partition coefficient (Wildman–Crippen LogP) is 1.28. The van der Waals surface area contributed by atoms with E-state index in [0.717, 1.165) is 52.4 Å². The Labute approximate surface area is 181 Å². The van der Waals surface area contributed by atoms with E-state index in [9.17, 15) is 0 Å². The van der Waals surface area contributed by atoms with Gasteiger partial charge in [0.05, 0.1) is 19.1 Å². The largest absolute Gasteiger partial charge is 0.371 e. The van der Waals surface area contributed by atoms with Crippen LogP contribution in [0.25, 0.3) is 0 Å². The Hall–Kier alpha value is -2.39. The molecule has 0 amide bonds. The number of aryl methyl sites for hydroxylation is 1. The van der Waals surface area contributed by atoms with Crippen LogP contribution in [0.1, 0.15) is 30.0 Å². The lowest BCUT2D eigenvalue weighted by Crippen LogP contribution is -3.14. The van der Waals surface area contributed by atoms with Gasteiger partial charge in [-0.15, -0.1) is 0 Å². The van der Waals surface area contributed by atoms with Crippen molar-refractivity contribution >= 4 is 5.69 Å². The second-order valence-corrected chi connectivity index (χ2v) is 8.19. The van der Waals surface area contributed by atoms with Gasteiger partial charge in [-0.05, 0) is 31.5 Å². The van der Waals surface area contributed by atoms with Gasteiger partial charge in [0.1, 0.15) is 32.7 Å². The number of anilines is 1. The van der Waals surface area contributed by atoms with Crippen LogP contribution in [0.4, 0.5) is 5.69 Å². The number of hydrogen-bond donors (Lipinski definition) is 2. The number of rotatable bonds is 10. The van der Waals surface area contributed by atoms with Crippen LogP contribution >= 0.6 is 0 Å². The molecule has 0 saturated carbocycles. The molecule has 2 atom stereocenters. The Balaban J connectivity index is 1.47. The molecule has 2 aromatic rings. The summed E-state index contributed by atoms with van der Waals surface area (Å²) in [5, 5.41) is 11.2. The van der Waals surface area contributed by atoms with E-state index < -0.39 is 0 Å². The zero-order valence-electron chi connectivity index (χ0n) is 18.4. The van der Waals surface area contributed by atoms with Gasteiger partial charge < -0.3 is 19.9 Å². The van der Waals surface area contributed by atoms with E-state index in [0.29, 0.717) is 12.5 Å². The topological polar surface area (TPSA) is 57.3 Å². The molecule has 3 N–H and O–H groups in total. The second-order valence-electron chi connectivity index (χ2n) is 8.19. The molecule has 0 radical (unpaired) electrons. The zero-order valence-corrected chi connectivity index (χ0v) is 18.4. The summed E-state index contributed by atoms with van der Waals surface area (Å²) in [6.45, 7) is 12.1. The van der Waals surface area contributed by atoms with E-state index in [-0.39, 0.29) is 0 Å². The first-order valence-corrected chi connectivity index (χ1v) is 11.2. The summed E-state index contributed by atoms with van der Waals surface area (Å²) in [5.74, 6) is 0. The lowest BCUT2D eigenvalue weighted by molar-refractivity contribution is -0.927. The van der Waals surface area contributed by atoms with Crippen molar-refractivity contribution in [1.82, 2.24) is 0 Å². The van der Waals surface area contributed by atoms with Gasteiger partial charge in [-0.2, -0.15) is 5.26 Å². The van der Waals surface area contributed by atoms with Gasteiger partial charge in [0.2, 0.25) is 0 Å². The number of nitrogens with two attached hydrogens (primary N) is 1. The summed E-state index contributed by atoms with van der Waals surface area (Å²) in [5.41, 5.74) is 5.31. The first-order chi connectivity index (χ1) is 14.7. The fourth-order valence-corrected chi connectivity index (χ4v) is 4.23. The van der Waals surface area contributed by atoms with Gasteiger partial charge in [0.25, 0.3) is 0 Å². The molecule has 160 valence electrons. The number of ether oxygens (including phenoxy) is 1. The van der Waals surface area contributed by atoms with Crippen LogP contribution in [0.15, 0.2) is 48.5 Å². The van der Waals surface area contributed by atoms with Crippen molar-refractivity contribution in [3.05, 3.63) is 65.2 Å². The number of nitrogens with zero attached hydrogens (tertiary/aromatic N) is 2. The Morgan fingerprint density at radius 1 is 1.23 bits per heavy atom. The van der Waals surface area contributed by atoms with Gasteiger partial charge in [-0.25, -0.2) is 0 Å². The highest BCUT2D eigenvalue weighted by Gasteiger charge is 2.25. The fraction of sp³-hybridized carbons (Fsp3) is 0.480. The zero-order chi connectivity index (χ0) is 21.2. The normalized spacial score (nSPS) is 18.7. The van der Waals surface area contributed by atoms with Crippen molar-refractivity contribution in [2.24, 2.45) is 0 Å². The molecular formula is C25H36N4O+2. The highest BCUT2D eigenvalue weighted by Crippen LogP contribution is 2.19. The van der Waals surface area contributed by atoms with Gasteiger partial charge in [0, 0.05) is 29.9 Å². The first kappa shape index (κ1) is 22.3. The number of hydrogen-bond acceptors (Lipinski definition) is 3. The fourth-order valence-electron chi connectivity index (χ4n) is 4.23. The van der Waals surface area contributed by atoms with Crippen LogP contribution in [0.5, 0.6) is 0 Å². The lowest BCUT2D eigenvalue weighted by Gasteiger charge is -2.29. The van der Waals surface area contributed by atoms with E-state index in [4.69, 9.17) is 10.00 Å². The second kappa shape index (κ2) is 11.7. The van der Waals surface area contributed by atoms with Crippen LogP contribution in [-0.2, 0) is 17.8 Å². The summed E-state index contributed by atoms with van der Waals surface area (Å²) in [6, 6.07) is 19.7. The molecule has 1 aliphatic heterocycles. The van der Waals surface area contributed by atoms with Gasteiger partial charge in [-0.3, -0.25) is 0 Å². The quantitative estimate of drug-likeness (QED) is 0.623.